The SMILES string of the molecule is O=C(O)Nc1ccc(NC(=O)O)cc1. The van der Waals surface area contributed by atoms with Crippen molar-refractivity contribution in [2.45, 2.75) is 0 Å². The van der Waals surface area contributed by atoms with Crippen molar-refractivity contribution in [3.63, 3.8) is 0 Å². The molecule has 0 aliphatic rings. The molecule has 0 atom stereocenters. The van der Waals surface area contributed by atoms with Crippen LogP contribution in [0.1, 0.15) is 0 Å². The predicted molar refractivity (Wildman–Crippen MR) is 49.7 cm³/mol. The molecule has 74 valence electrons. The molecule has 0 bridgehead atoms. The van der Waals surface area contributed by atoms with Crippen molar-refractivity contribution in [1.29, 1.82) is 0 Å². The topological polar surface area (TPSA) is 98.7 Å². The van der Waals surface area contributed by atoms with Crippen molar-refractivity contribution in [3.8, 4) is 0 Å². The van der Waals surface area contributed by atoms with Crippen LogP contribution in [0, 0.1) is 0 Å². The van der Waals surface area contributed by atoms with Gasteiger partial charge in [-0.05, 0) is 24.3 Å². The van der Waals surface area contributed by atoms with Crippen LogP contribution in [0.5, 0.6) is 0 Å². The number of carboxylic acid groups (broad SMARTS) is 2. The van der Waals surface area contributed by atoms with Crippen molar-refractivity contribution in [2.75, 3.05) is 10.6 Å². The van der Waals surface area contributed by atoms with Crippen molar-refractivity contribution >= 4 is 23.6 Å². The fourth-order valence-corrected chi connectivity index (χ4v) is 0.884. The first-order valence-corrected chi connectivity index (χ1v) is 3.68. The zero-order valence-electron chi connectivity index (χ0n) is 7.02. The van der Waals surface area contributed by atoms with Crippen LogP contribution >= 0.6 is 0 Å². The van der Waals surface area contributed by atoms with Gasteiger partial charge in [0.2, 0.25) is 0 Å². The Morgan fingerprint density at radius 2 is 1.14 bits per heavy atom. The van der Waals surface area contributed by atoms with Gasteiger partial charge in [-0.25, -0.2) is 9.59 Å². The molecule has 2 amide bonds. The first-order chi connectivity index (χ1) is 6.58. The van der Waals surface area contributed by atoms with E-state index in [9.17, 15) is 9.59 Å². The Morgan fingerprint density at radius 1 is 0.857 bits per heavy atom. The fraction of sp³-hybridized carbons (Fsp3) is 0. The molecule has 6 nitrogen and oxygen atoms in total. The molecule has 1 aromatic carbocycles. The summed E-state index contributed by atoms with van der Waals surface area (Å²) < 4.78 is 0. The van der Waals surface area contributed by atoms with E-state index < -0.39 is 12.2 Å². The number of benzene rings is 1. The standard InChI is InChI=1S/C8H8N2O4/c11-7(12)9-5-1-2-6(4-3-5)10-8(13)14/h1-4,9-10H,(H,11,12)(H,13,14). The summed E-state index contributed by atoms with van der Waals surface area (Å²) >= 11 is 0. The van der Waals surface area contributed by atoms with Crippen LogP contribution in [-0.2, 0) is 0 Å². The third-order valence-electron chi connectivity index (χ3n) is 1.39. The number of anilines is 2. The highest BCUT2D eigenvalue weighted by Crippen LogP contribution is 2.12. The van der Waals surface area contributed by atoms with E-state index in [2.05, 4.69) is 10.6 Å². The number of hydrogen-bond acceptors (Lipinski definition) is 2. The van der Waals surface area contributed by atoms with Gasteiger partial charge in [0.05, 0.1) is 0 Å². The largest absolute Gasteiger partial charge is 0.465 e. The van der Waals surface area contributed by atoms with Crippen LogP contribution in [0.4, 0.5) is 21.0 Å². The lowest BCUT2D eigenvalue weighted by Crippen LogP contribution is -2.08. The minimum absolute atomic E-state index is 0.383. The van der Waals surface area contributed by atoms with Gasteiger partial charge in [0.25, 0.3) is 0 Å². The van der Waals surface area contributed by atoms with E-state index in [-0.39, 0.29) is 0 Å². The van der Waals surface area contributed by atoms with Gasteiger partial charge >= 0.3 is 12.2 Å². The molecule has 0 aromatic heterocycles. The molecule has 0 saturated heterocycles. The lowest BCUT2D eigenvalue weighted by Gasteiger charge is -2.02. The second-order valence-electron chi connectivity index (χ2n) is 2.44. The van der Waals surface area contributed by atoms with E-state index in [1.54, 1.807) is 0 Å². The second kappa shape index (κ2) is 4.13. The first-order valence-electron chi connectivity index (χ1n) is 3.68. The molecule has 1 rings (SSSR count). The highest BCUT2D eigenvalue weighted by Gasteiger charge is 1.99. The molecule has 14 heavy (non-hydrogen) atoms. The average molecular weight is 196 g/mol. The molecule has 0 unspecified atom stereocenters. The van der Waals surface area contributed by atoms with E-state index in [1.165, 1.54) is 24.3 Å². The number of amides is 2. The van der Waals surface area contributed by atoms with Gasteiger partial charge in [0.1, 0.15) is 0 Å². The summed E-state index contributed by atoms with van der Waals surface area (Å²) in [5, 5.41) is 21.0. The number of nitrogens with one attached hydrogen (secondary N) is 2. The van der Waals surface area contributed by atoms with Gasteiger partial charge in [-0.2, -0.15) is 0 Å². The maximum Gasteiger partial charge on any atom is 0.409 e. The van der Waals surface area contributed by atoms with E-state index in [1.807, 2.05) is 0 Å². The van der Waals surface area contributed by atoms with Crippen LogP contribution in [0.15, 0.2) is 24.3 Å². The monoisotopic (exact) mass is 196 g/mol. The molecule has 0 aliphatic carbocycles. The molecule has 1 aromatic rings. The molecule has 0 aliphatic heterocycles. The Labute approximate surface area is 79.2 Å². The van der Waals surface area contributed by atoms with E-state index in [0.717, 1.165) is 0 Å². The van der Waals surface area contributed by atoms with Gasteiger partial charge < -0.3 is 10.2 Å². The van der Waals surface area contributed by atoms with E-state index in [0.29, 0.717) is 11.4 Å². The minimum atomic E-state index is -1.16. The summed E-state index contributed by atoms with van der Waals surface area (Å²) in [6, 6.07) is 5.83. The van der Waals surface area contributed by atoms with Crippen molar-refractivity contribution in [3.05, 3.63) is 24.3 Å². The lowest BCUT2D eigenvalue weighted by atomic mass is 10.3. The zero-order chi connectivity index (χ0) is 10.6. The van der Waals surface area contributed by atoms with Gasteiger partial charge in [-0.3, -0.25) is 10.6 Å². The molecule has 6 heteroatoms. The summed E-state index contributed by atoms with van der Waals surface area (Å²) in [5.41, 5.74) is 0.766. The normalized spacial score (nSPS) is 9.14. The van der Waals surface area contributed by atoms with Gasteiger partial charge in [-0.15, -0.1) is 0 Å². The van der Waals surface area contributed by atoms with Gasteiger partial charge in [0.15, 0.2) is 0 Å². The Bertz CT molecular complexity index is 312. The number of rotatable bonds is 2. The summed E-state index contributed by atoms with van der Waals surface area (Å²) in [6.45, 7) is 0. The fourth-order valence-electron chi connectivity index (χ4n) is 0.884. The lowest BCUT2D eigenvalue weighted by molar-refractivity contribution is 0.208. The van der Waals surface area contributed by atoms with E-state index >= 15 is 0 Å². The third-order valence-corrected chi connectivity index (χ3v) is 1.39. The molecular weight excluding hydrogens is 188 g/mol. The summed E-state index contributed by atoms with van der Waals surface area (Å²) in [6.07, 6.45) is -2.33. The second-order valence-corrected chi connectivity index (χ2v) is 2.44. The molecule has 4 N–H and O–H groups in total. The first kappa shape index (κ1) is 9.85. The minimum Gasteiger partial charge on any atom is -0.465 e. The van der Waals surface area contributed by atoms with Crippen LogP contribution in [-0.4, -0.2) is 22.4 Å². The molecule has 0 saturated carbocycles. The van der Waals surface area contributed by atoms with Crippen molar-refractivity contribution in [1.82, 2.24) is 0 Å². The van der Waals surface area contributed by atoms with Crippen LogP contribution in [0.2, 0.25) is 0 Å². The third kappa shape index (κ3) is 3.02. The molecule has 0 fully saturated rings. The predicted octanol–water partition coefficient (Wildman–Crippen LogP) is 1.87. The maximum atomic E-state index is 10.2. The smallest absolute Gasteiger partial charge is 0.409 e. The van der Waals surface area contributed by atoms with Crippen molar-refractivity contribution in [2.24, 2.45) is 0 Å². The van der Waals surface area contributed by atoms with Crippen LogP contribution in [0.3, 0.4) is 0 Å². The summed E-state index contributed by atoms with van der Waals surface area (Å²) in [7, 11) is 0. The van der Waals surface area contributed by atoms with Crippen molar-refractivity contribution < 1.29 is 19.8 Å². The maximum absolute atomic E-state index is 10.2. The number of hydrogen-bond donors (Lipinski definition) is 4. The van der Waals surface area contributed by atoms with Gasteiger partial charge in [0, 0.05) is 11.4 Å². The highest BCUT2D eigenvalue weighted by molar-refractivity contribution is 5.85. The number of carbonyl (C=O) groups is 2. The van der Waals surface area contributed by atoms with Gasteiger partial charge in [-0.1, -0.05) is 0 Å². The Kier molecular flexibility index (Phi) is 2.90. The Balaban J connectivity index is 2.68. The Morgan fingerprint density at radius 3 is 1.36 bits per heavy atom. The van der Waals surface area contributed by atoms with E-state index in [4.69, 9.17) is 10.2 Å². The zero-order valence-corrected chi connectivity index (χ0v) is 7.02. The summed E-state index contributed by atoms with van der Waals surface area (Å²) in [4.78, 5) is 20.4. The molecule has 0 heterocycles. The average Bonchev–Trinajstić information content (AvgIpc) is 2.06. The Hall–Kier alpha value is -2.24. The summed E-state index contributed by atoms with van der Waals surface area (Å²) in [5.74, 6) is 0. The molecule has 0 spiro atoms. The quantitative estimate of drug-likeness (QED) is 0.580. The molecular formula is C8H8N2O4. The highest BCUT2D eigenvalue weighted by atomic mass is 16.4. The molecule has 0 radical (unpaired) electrons. The van der Waals surface area contributed by atoms with Crippen LogP contribution in [0.25, 0.3) is 0 Å². The van der Waals surface area contributed by atoms with Crippen LogP contribution < -0.4 is 10.6 Å².